The Morgan fingerprint density at radius 3 is 2.88 bits per heavy atom. The van der Waals surface area contributed by atoms with E-state index in [0.717, 1.165) is 15.9 Å². The Balaban J connectivity index is 1.85. The Morgan fingerprint density at radius 2 is 2.12 bits per heavy atom. The summed E-state index contributed by atoms with van der Waals surface area (Å²) in [5, 5.41) is 17.7. The van der Waals surface area contributed by atoms with E-state index in [1.165, 1.54) is 4.68 Å². The number of anilines is 1. The topological polar surface area (TPSA) is 72.5 Å². The molecule has 0 atom stereocenters. The summed E-state index contributed by atoms with van der Waals surface area (Å²) in [6, 6.07) is 11.0. The van der Waals surface area contributed by atoms with Gasteiger partial charge in [0.1, 0.15) is 18.2 Å². The number of halogens is 2. The second kappa shape index (κ2) is 7.59. The number of ether oxygens (including phenoxy) is 1. The molecule has 2 N–H and O–H groups in total. The lowest BCUT2D eigenvalue weighted by Crippen LogP contribution is -2.09. The Bertz CT molecular complexity index is 971. The SMILES string of the molecule is COc1cccc(NCn2nc(-c3cc(Br)cc(Br)c3O)oc2=S)c1. The summed E-state index contributed by atoms with van der Waals surface area (Å²) in [6.07, 6.45) is 0. The van der Waals surface area contributed by atoms with Gasteiger partial charge in [0.15, 0.2) is 0 Å². The van der Waals surface area contributed by atoms with Crippen LogP contribution in [0.15, 0.2) is 49.8 Å². The molecule has 130 valence electrons. The largest absolute Gasteiger partial charge is 0.506 e. The van der Waals surface area contributed by atoms with Crippen LogP contribution in [0, 0.1) is 4.84 Å². The van der Waals surface area contributed by atoms with Crippen LogP contribution in [-0.2, 0) is 6.67 Å². The minimum Gasteiger partial charge on any atom is -0.506 e. The molecule has 0 amide bonds. The van der Waals surface area contributed by atoms with Crippen molar-refractivity contribution in [2.75, 3.05) is 12.4 Å². The Morgan fingerprint density at radius 1 is 1.32 bits per heavy atom. The summed E-state index contributed by atoms with van der Waals surface area (Å²) in [5.74, 6) is 1.02. The zero-order valence-electron chi connectivity index (χ0n) is 13.0. The third-order valence-electron chi connectivity index (χ3n) is 3.37. The number of phenols is 1. The van der Waals surface area contributed by atoms with Crippen LogP contribution < -0.4 is 10.1 Å². The monoisotopic (exact) mass is 485 g/mol. The van der Waals surface area contributed by atoms with Crippen LogP contribution in [-0.4, -0.2) is 22.0 Å². The van der Waals surface area contributed by atoms with E-state index in [2.05, 4.69) is 42.3 Å². The average Bonchev–Trinajstić information content (AvgIpc) is 2.97. The van der Waals surface area contributed by atoms with Crippen LogP contribution in [0.3, 0.4) is 0 Å². The molecule has 6 nitrogen and oxygen atoms in total. The van der Waals surface area contributed by atoms with E-state index >= 15 is 0 Å². The van der Waals surface area contributed by atoms with Gasteiger partial charge < -0.3 is 19.6 Å². The van der Waals surface area contributed by atoms with Crippen LogP contribution in [0.5, 0.6) is 11.5 Å². The highest BCUT2D eigenvalue weighted by atomic mass is 79.9. The van der Waals surface area contributed by atoms with Crippen molar-refractivity contribution in [2.24, 2.45) is 0 Å². The summed E-state index contributed by atoms with van der Waals surface area (Å²) in [4.78, 5) is 0.195. The smallest absolute Gasteiger partial charge is 0.289 e. The summed E-state index contributed by atoms with van der Waals surface area (Å²) in [5.41, 5.74) is 1.30. The van der Waals surface area contributed by atoms with Gasteiger partial charge in [-0.3, -0.25) is 0 Å². The van der Waals surface area contributed by atoms with Gasteiger partial charge >= 0.3 is 0 Å². The molecule has 0 aliphatic rings. The zero-order chi connectivity index (χ0) is 18.0. The number of hydrogen-bond acceptors (Lipinski definition) is 6. The third-order valence-corrected chi connectivity index (χ3v) is 4.72. The Kier molecular flexibility index (Phi) is 5.45. The lowest BCUT2D eigenvalue weighted by Gasteiger charge is -2.07. The van der Waals surface area contributed by atoms with E-state index in [1.54, 1.807) is 19.2 Å². The number of rotatable bonds is 5. The van der Waals surface area contributed by atoms with Crippen molar-refractivity contribution in [1.29, 1.82) is 0 Å². The predicted octanol–water partition coefficient (Wildman–Crippen LogP) is 5.18. The van der Waals surface area contributed by atoms with Crippen molar-refractivity contribution in [1.82, 2.24) is 9.78 Å². The number of phenolic OH excluding ortho intramolecular Hbond substituents is 1. The molecule has 0 aliphatic heterocycles. The van der Waals surface area contributed by atoms with Gasteiger partial charge in [-0.25, -0.2) is 4.68 Å². The summed E-state index contributed by atoms with van der Waals surface area (Å²) in [7, 11) is 1.61. The molecule has 0 aliphatic carbocycles. The van der Waals surface area contributed by atoms with E-state index in [-0.39, 0.29) is 16.5 Å². The number of benzene rings is 2. The Hall–Kier alpha value is -1.84. The molecule has 3 rings (SSSR count). The molecule has 1 heterocycles. The van der Waals surface area contributed by atoms with Gasteiger partial charge in [0.05, 0.1) is 17.1 Å². The lowest BCUT2D eigenvalue weighted by molar-refractivity contribution is 0.415. The predicted molar refractivity (Wildman–Crippen MR) is 104 cm³/mol. The minimum atomic E-state index is 0.0346. The van der Waals surface area contributed by atoms with Crippen LogP contribution in [0.2, 0.25) is 0 Å². The third kappa shape index (κ3) is 4.05. The first-order valence-corrected chi connectivity index (χ1v) is 9.11. The maximum Gasteiger partial charge on any atom is 0.289 e. The van der Waals surface area contributed by atoms with E-state index in [1.807, 2.05) is 24.3 Å². The molecular formula is C16H13Br2N3O3S. The minimum absolute atomic E-state index is 0.0346. The zero-order valence-corrected chi connectivity index (χ0v) is 17.0. The molecule has 9 heteroatoms. The van der Waals surface area contributed by atoms with E-state index in [4.69, 9.17) is 21.4 Å². The van der Waals surface area contributed by atoms with Gasteiger partial charge in [0.25, 0.3) is 10.7 Å². The van der Waals surface area contributed by atoms with Crippen LogP contribution in [0.1, 0.15) is 0 Å². The fraction of sp³-hybridized carbons (Fsp3) is 0.125. The second-order valence-corrected chi connectivity index (χ2v) is 7.14. The van der Waals surface area contributed by atoms with Crippen molar-refractivity contribution < 1.29 is 14.3 Å². The number of aromatic hydroxyl groups is 1. The summed E-state index contributed by atoms with van der Waals surface area (Å²) < 4.78 is 13.5. The second-order valence-electron chi connectivity index (χ2n) is 5.02. The Labute approximate surface area is 165 Å². The summed E-state index contributed by atoms with van der Waals surface area (Å²) >= 11 is 11.9. The van der Waals surface area contributed by atoms with Crippen LogP contribution >= 0.6 is 44.1 Å². The fourth-order valence-electron chi connectivity index (χ4n) is 2.14. The van der Waals surface area contributed by atoms with Crippen LogP contribution in [0.25, 0.3) is 11.5 Å². The van der Waals surface area contributed by atoms with Crippen molar-refractivity contribution in [3.63, 3.8) is 0 Å². The van der Waals surface area contributed by atoms with E-state index in [0.29, 0.717) is 16.7 Å². The lowest BCUT2D eigenvalue weighted by atomic mass is 10.2. The van der Waals surface area contributed by atoms with Gasteiger partial charge in [-0.1, -0.05) is 22.0 Å². The summed E-state index contributed by atoms with van der Waals surface area (Å²) in [6.45, 7) is 0.311. The van der Waals surface area contributed by atoms with E-state index < -0.39 is 0 Å². The first kappa shape index (κ1) is 18.0. The standard InChI is InChI=1S/C16H13Br2N3O3S/c1-23-11-4-2-3-10(7-11)19-8-21-16(25)24-15(20-21)12-5-9(17)6-13(18)14(12)22/h2-7,19,22H,8H2,1H3. The van der Waals surface area contributed by atoms with Gasteiger partial charge in [0, 0.05) is 16.2 Å². The quantitative estimate of drug-likeness (QED) is 0.484. The molecule has 0 bridgehead atoms. The highest BCUT2D eigenvalue weighted by Gasteiger charge is 2.16. The van der Waals surface area contributed by atoms with Gasteiger partial charge in [-0.05, 0) is 52.4 Å². The van der Waals surface area contributed by atoms with Gasteiger partial charge in [-0.2, -0.15) is 0 Å². The first-order valence-electron chi connectivity index (χ1n) is 7.12. The first-order chi connectivity index (χ1) is 12.0. The van der Waals surface area contributed by atoms with Gasteiger partial charge in [0.2, 0.25) is 0 Å². The number of methoxy groups -OCH3 is 1. The molecule has 0 spiro atoms. The molecule has 25 heavy (non-hydrogen) atoms. The van der Waals surface area contributed by atoms with Crippen LogP contribution in [0.4, 0.5) is 5.69 Å². The molecule has 0 fully saturated rings. The maximum atomic E-state index is 10.2. The highest BCUT2D eigenvalue weighted by molar-refractivity contribution is 9.11. The van der Waals surface area contributed by atoms with Crippen molar-refractivity contribution >= 4 is 49.8 Å². The van der Waals surface area contributed by atoms with Crippen molar-refractivity contribution in [3.05, 3.63) is 50.2 Å². The van der Waals surface area contributed by atoms with Crippen molar-refractivity contribution in [3.8, 4) is 23.0 Å². The molecule has 0 saturated carbocycles. The molecule has 1 aromatic heterocycles. The number of aromatic nitrogens is 2. The molecular weight excluding hydrogens is 474 g/mol. The maximum absolute atomic E-state index is 10.2. The van der Waals surface area contributed by atoms with Gasteiger partial charge in [-0.15, -0.1) is 5.10 Å². The number of hydrogen-bond donors (Lipinski definition) is 2. The fourth-order valence-corrected chi connectivity index (χ4v) is 3.55. The molecule has 0 saturated heterocycles. The van der Waals surface area contributed by atoms with E-state index in [9.17, 15) is 5.11 Å². The highest BCUT2D eigenvalue weighted by Crippen LogP contribution is 2.37. The number of nitrogens with zero attached hydrogens (tertiary/aromatic N) is 2. The molecule has 3 aromatic rings. The average molecular weight is 487 g/mol. The normalized spacial score (nSPS) is 10.7. The molecule has 0 unspecified atom stereocenters. The van der Waals surface area contributed by atoms with Crippen molar-refractivity contribution in [2.45, 2.75) is 6.67 Å². The molecule has 0 radical (unpaired) electrons. The molecule has 2 aromatic carbocycles. The number of nitrogens with one attached hydrogen (secondary N) is 1.